The number of furan rings is 1. The van der Waals surface area contributed by atoms with E-state index in [1.807, 2.05) is 19.9 Å². The number of halogens is 1. The van der Waals surface area contributed by atoms with Gasteiger partial charge in [0.15, 0.2) is 4.67 Å². The van der Waals surface area contributed by atoms with Crippen LogP contribution in [-0.2, 0) is 4.79 Å². The molecule has 0 amide bonds. The molecule has 1 unspecified atom stereocenters. The Morgan fingerprint density at radius 3 is 2.73 bits per heavy atom. The third kappa shape index (κ3) is 1.71. The second-order valence-electron chi connectivity index (χ2n) is 2.52. The van der Waals surface area contributed by atoms with Gasteiger partial charge >= 0.3 is 0 Å². The van der Waals surface area contributed by atoms with Crippen molar-refractivity contribution in [1.82, 2.24) is 0 Å². The molecule has 0 spiro atoms. The summed E-state index contributed by atoms with van der Waals surface area (Å²) in [5.74, 6) is 0.591. The van der Waals surface area contributed by atoms with Gasteiger partial charge < -0.3 is 9.21 Å². The van der Waals surface area contributed by atoms with Crippen molar-refractivity contribution in [2.45, 2.75) is 19.8 Å². The number of carbonyl (C=O) groups is 1. The summed E-state index contributed by atoms with van der Waals surface area (Å²) in [5, 5.41) is 0. The molecular weight excluding hydrogens is 208 g/mol. The predicted octanol–water partition coefficient (Wildman–Crippen LogP) is 2.65. The molecule has 1 heterocycles. The fourth-order valence-corrected chi connectivity index (χ4v) is 1.49. The molecule has 0 saturated carbocycles. The number of hydrogen-bond donors (Lipinski definition) is 0. The van der Waals surface area contributed by atoms with Crippen LogP contribution in [-0.4, -0.2) is 6.29 Å². The largest absolute Gasteiger partial charge is 0.453 e. The van der Waals surface area contributed by atoms with Crippen molar-refractivity contribution in [2.75, 3.05) is 0 Å². The summed E-state index contributed by atoms with van der Waals surface area (Å²) in [6, 6.07) is 1.86. The SMILES string of the molecule is Cc1cc(Br)oc1C(C)C=O. The van der Waals surface area contributed by atoms with E-state index in [1.165, 1.54) is 0 Å². The average Bonchev–Trinajstić information content (AvgIpc) is 2.28. The Bertz CT molecular complexity index is 265. The van der Waals surface area contributed by atoms with Crippen LogP contribution < -0.4 is 0 Å². The highest BCUT2D eigenvalue weighted by atomic mass is 79.9. The summed E-state index contributed by atoms with van der Waals surface area (Å²) in [6.07, 6.45) is 0.873. The van der Waals surface area contributed by atoms with Crippen molar-refractivity contribution in [3.8, 4) is 0 Å². The Labute approximate surface area is 73.7 Å². The highest BCUT2D eigenvalue weighted by molar-refractivity contribution is 9.10. The number of rotatable bonds is 2. The summed E-state index contributed by atoms with van der Waals surface area (Å²) in [6.45, 7) is 3.73. The van der Waals surface area contributed by atoms with E-state index >= 15 is 0 Å². The van der Waals surface area contributed by atoms with Gasteiger partial charge in [-0.15, -0.1) is 0 Å². The van der Waals surface area contributed by atoms with Gasteiger partial charge in [0.1, 0.15) is 12.0 Å². The van der Waals surface area contributed by atoms with E-state index in [9.17, 15) is 4.79 Å². The molecule has 11 heavy (non-hydrogen) atoms. The minimum atomic E-state index is -0.152. The van der Waals surface area contributed by atoms with Crippen LogP contribution in [0.5, 0.6) is 0 Å². The fourth-order valence-electron chi connectivity index (χ4n) is 0.970. The number of carbonyl (C=O) groups excluding carboxylic acids is 1. The first-order valence-corrected chi connectivity index (χ1v) is 4.15. The highest BCUT2D eigenvalue weighted by Gasteiger charge is 2.12. The standard InChI is InChI=1S/C8H9BrO2/c1-5-3-7(9)11-8(5)6(2)4-10/h3-4,6H,1-2H3. The molecule has 0 aliphatic rings. The van der Waals surface area contributed by atoms with Crippen LogP contribution in [0.3, 0.4) is 0 Å². The molecule has 2 nitrogen and oxygen atoms in total. The lowest BCUT2D eigenvalue weighted by Crippen LogP contribution is -1.93. The summed E-state index contributed by atoms with van der Waals surface area (Å²) >= 11 is 3.20. The van der Waals surface area contributed by atoms with Gasteiger partial charge in [-0.25, -0.2) is 0 Å². The van der Waals surface area contributed by atoms with Gasteiger partial charge in [-0.05, 0) is 41.4 Å². The highest BCUT2D eigenvalue weighted by Crippen LogP contribution is 2.24. The molecule has 3 heteroatoms. The zero-order valence-electron chi connectivity index (χ0n) is 6.43. The van der Waals surface area contributed by atoms with Gasteiger partial charge in [-0.3, -0.25) is 0 Å². The lowest BCUT2D eigenvalue weighted by molar-refractivity contribution is -0.109. The third-order valence-electron chi connectivity index (χ3n) is 1.54. The molecule has 0 N–H and O–H groups in total. The molecule has 1 aromatic heterocycles. The average molecular weight is 217 g/mol. The smallest absolute Gasteiger partial charge is 0.169 e. The number of hydrogen-bond acceptors (Lipinski definition) is 2. The second kappa shape index (κ2) is 3.22. The first-order valence-electron chi connectivity index (χ1n) is 3.36. The van der Waals surface area contributed by atoms with Crippen LogP contribution in [0, 0.1) is 6.92 Å². The van der Waals surface area contributed by atoms with Crippen LogP contribution in [0.15, 0.2) is 15.2 Å². The molecule has 0 aromatic carbocycles. The molecular formula is C8H9BrO2. The summed E-state index contributed by atoms with van der Waals surface area (Å²) in [7, 11) is 0. The Morgan fingerprint density at radius 2 is 2.36 bits per heavy atom. The van der Waals surface area contributed by atoms with Gasteiger partial charge in [0, 0.05) is 0 Å². The van der Waals surface area contributed by atoms with E-state index < -0.39 is 0 Å². The summed E-state index contributed by atoms with van der Waals surface area (Å²) in [5.41, 5.74) is 1.01. The zero-order chi connectivity index (χ0) is 8.43. The van der Waals surface area contributed by atoms with Gasteiger partial charge in [-0.1, -0.05) is 0 Å². The maximum absolute atomic E-state index is 10.4. The van der Waals surface area contributed by atoms with E-state index in [4.69, 9.17) is 4.42 Å². The normalized spacial score (nSPS) is 13.0. The van der Waals surface area contributed by atoms with E-state index in [0.717, 1.165) is 17.6 Å². The van der Waals surface area contributed by atoms with Gasteiger partial charge in [0.05, 0.1) is 5.92 Å². The monoisotopic (exact) mass is 216 g/mol. The first kappa shape index (κ1) is 8.53. The minimum absolute atomic E-state index is 0.152. The fraction of sp³-hybridized carbons (Fsp3) is 0.375. The molecule has 1 aromatic rings. The lowest BCUT2D eigenvalue weighted by Gasteiger charge is -1.98. The molecule has 0 saturated heterocycles. The molecule has 0 aliphatic heterocycles. The van der Waals surface area contributed by atoms with Crippen molar-refractivity contribution in [2.24, 2.45) is 0 Å². The molecule has 0 aliphatic carbocycles. The molecule has 1 atom stereocenters. The Balaban J connectivity index is 3.02. The first-order chi connectivity index (χ1) is 5.15. The maximum Gasteiger partial charge on any atom is 0.169 e. The Morgan fingerprint density at radius 1 is 1.73 bits per heavy atom. The van der Waals surface area contributed by atoms with Crippen molar-refractivity contribution in [1.29, 1.82) is 0 Å². The Hall–Kier alpha value is -0.570. The van der Waals surface area contributed by atoms with Crippen molar-refractivity contribution in [3.63, 3.8) is 0 Å². The number of aryl methyl sites for hydroxylation is 1. The van der Waals surface area contributed by atoms with Crippen molar-refractivity contribution in [3.05, 3.63) is 22.1 Å². The lowest BCUT2D eigenvalue weighted by atomic mass is 10.1. The second-order valence-corrected chi connectivity index (χ2v) is 3.30. The van der Waals surface area contributed by atoms with Gasteiger partial charge in [0.2, 0.25) is 0 Å². The Kier molecular flexibility index (Phi) is 2.49. The third-order valence-corrected chi connectivity index (χ3v) is 1.93. The maximum atomic E-state index is 10.4. The quantitative estimate of drug-likeness (QED) is 0.712. The van der Waals surface area contributed by atoms with Crippen LogP contribution in [0.25, 0.3) is 0 Å². The molecule has 0 fully saturated rings. The molecule has 0 radical (unpaired) electrons. The van der Waals surface area contributed by atoms with E-state index in [1.54, 1.807) is 0 Å². The summed E-state index contributed by atoms with van der Waals surface area (Å²) in [4.78, 5) is 10.4. The van der Waals surface area contributed by atoms with E-state index in [-0.39, 0.29) is 5.92 Å². The predicted molar refractivity (Wildman–Crippen MR) is 45.6 cm³/mol. The van der Waals surface area contributed by atoms with Crippen LogP contribution >= 0.6 is 15.9 Å². The minimum Gasteiger partial charge on any atom is -0.453 e. The topological polar surface area (TPSA) is 30.2 Å². The van der Waals surface area contributed by atoms with Crippen LogP contribution in [0.4, 0.5) is 0 Å². The van der Waals surface area contributed by atoms with Crippen LogP contribution in [0.2, 0.25) is 0 Å². The van der Waals surface area contributed by atoms with Crippen LogP contribution in [0.1, 0.15) is 24.2 Å². The van der Waals surface area contributed by atoms with Gasteiger partial charge in [0.25, 0.3) is 0 Å². The van der Waals surface area contributed by atoms with Crippen molar-refractivity contribution >= 4 is 22.2 Å². The van der Waals surface area contributed by atoms with E-state index in [2.05, 4.69) is 15.9 Å². The van der Waals surface area contributed by atoms with Crippen molar-refractivity contribution < 1.29 is 9.21 Å². The van der Waals surface area contributed by atoms with E-state index in [0.29, 0.717) is 4.67 Å². The molecule has 1 rings (SSSR count). The summed E-state index contributed by atoms with van der Waals surface area (Å²) < 4.78 is 5.93. The number of aldehydes is 1. The van der Waals surface area contributed by atoms with Gasteiger partial charge in [-0.2, -0.15) is 0 Å². The molecule has 0 bridgehead atoms. The molecule has 60 valence electrons. The zero-order valence-corrected chi connectivity index (χ0v) is 8.01.